The molecule has 66 valence electrons. The van der Waals surface area contributed by atoms with Crippen molar-refractivity contribution in [2.75, 3.05) is 0 Å². The normalized spacial score (nSPS) is 39.5. The fraction of sp³-hybridized carbons (Fsp3) is 1.00. The van der Waals surface area contributed by atoms with Gasteiger partial charge in [0.05, 0.1) is 0 Å². The van der Waals surface area contributed by atoms with Crippen molar-refractivity contribution >= 4 is 22.6 Å². The third-order valence-corrected chi connectivity index (χ3v) is 4.37. The fourth-order valence-electron chi connectivity index (χ4n) is 2.09. The zero-order chi connectivity index (χ0) is 8.43. The molecule has 0 radical (unpaired) electrons. The Bertz CT molecular complexity index is 120. The monoisotopic (exact) mass is 266 g/mol. The molecule has 3 atom stereocenters. The molecule has 0 aromatic heterocycles. The summed E-state index contributed by atoms with van der Waals surface area (Å²) in [5.74, 6) is 2.86. The molecule has 1 heteroatoms. The van der Waals surface area contributed by atoms with Crippen molar-refractivity contribution in [3.63, 3.8) is 0 Å². The standard InChI is InChI=1S/C10H19I/c1-7(2)9-5-4-8(3)6-10(9)11/h7-10H,4-6H2,1-3H3/t8-,9+,10?/m0/s1. The van der Waals surface area contributed by atoms with E-state index < -0.39 is 0 Å². The number of hydrogen-bond acceptors (Lipinski definition) is 0. The summed E-state index contributed by atoms with van der Waals surface area (Å²) < 4.78 is 0.941. The second kappa shape index (κ2) is 4.11. The van der Waals surface area contributed by atoms with Crippen LogP contribution in [0.1, 0.15) is 40.0 Å². The highest BCUT2D eigenvalue weighted by Gasteiger charge is 2.28. The Morgan fingerprint density at radius 2 is 1.91 bits per heavy atom. The molecular weight excluding hydrogens is 247 g/mol. The average Bonchev–Trinajstić information content (AvgIpc) is 1.85. The third-order valence-electron chi connectivity index (χ3n) is 2.94. The Morgan fingerprint density at radius 1 is 1.27 bits per heavy atom. The predicted molar refractivity (Wildman–Crippen MR) is 59.2 cm³/mol. The first-order valence-corrected chi connectivity index (χ1v) is 6.00. The SMILES string of the molecule is CC(C)[C@H]1CC[C@H](C)CC1I. The van der Waals surface area contributed by atoms with E-state index in [1.54, 1.807) is 0 Å². The van der Waals surface area contributed by atoms with Crippen LogP contribution >= 0.6 is 22.6 Å². The molecule has 0 N–H and O–H groups in total. The van der Waals surface area contributed by atoms with Crippen molar-refractivity contribution in [2.45, 2.75) is 44.0 Å². The van der Waals surface area contributed by atoms with Gasteiger partial charge < -0.3 is 0 Å². The molecule has 0 nitrogen and oxygen atoms in total. The molecular formula is C10H19I. The molecule has 0 aliphatic heterocycles. The van der Waals surface area contributed by atoms with Gasteiger partial charge in [0.2, 0.25) is 0 Å². The van der Waals surface area contributed by atoms with Crippen molar-refractivity contribution < 1.29 is 0 Å². The molecule has 0 aromatic carbocycles. The van der Waals surface area contributed by atoms with E-state index in [2.05, 4.69) is 43.4 Å². The summed E-state index contributed by atoms with van der Waals surface area (Å²) >= 11 is 2.65. The molecule has 1 unspecified atom stereocenters. The van der Waals surface area contributed by atoms with Crippen LogP contribution < -0.4 is 0 Å². The van der Waals surface area contributed by atoms with Crippen molar-refractivity contribution in [3.05, 3.63) is 0 Å². The zero-order valence-corrected chi connectivity index (χ0v) is 9.97. The number of rotatable bonds is 1. The molecule has 1 fully saturated rings. The number of halogens is 1. The van der Waals surface area contributed by atoms with Crippen molar-refractivity contribution in [1.82, 2.24) is 0 Å². The van der Waals surface area contributed by atoms with E-state index in [0.717, 1.165) is 21.7 Å². The maximum absolute atomic E-state index is 2.65. The molecule has 0 bridgehead atoms. The largest absolute Gasteiger partial charge is 0.0823 e. The molecule has 0 heterocycles. The van der Waals surface area contributed by atoms with Gasteiger partial charge in [-0.15, -0.1) is 0 Å². The van der Waals surface area contributed by atoms with E-state index in [-0.39, 0.29) is 0 Å². The van der Waals surface area contributed by atoms with Crippen molar-refractivity contribution in [3.8, 4) is 0 Å². The highest BCUT2D eigenvalue weighted by Crippen LogP contribution is 2.37. The Hall–Kier alpha value is 0.730. The van der Waals surface area contributed by atoms with E-state index in [0.29, 0.717) is 0 Å². The van der Waals surface area contributed by atoms with Gasteiger partial charge in [0.15, 0.2) is 0 Å². The van der Waals surface area contributed by atoms with Crippen LogP contribution in [0, 0.1) is 17.8 Å². The fourth-order valence-corrected chi connectivity index (χ4v) is 4.14. The Labute approximate surface area is 84.3 Å². The van der Waals surface area contributed by atoms with E-state index >= 15 is 0 Å². The maximum atomic E-state index is 2.65. The molecule has 1 saturated carbocycles. The van der Waals surface area contributed by atoms with Crippen LogP contribution in [-0.2, 0) is 0 Å². The molecule has 11 heavy (non-hydrogen) atoms. The Balaban J connectivity index is 2.44. The van der Waals surface area contributed by atoms with Gasteiger partial charge in [-0.1, -0.05) is 49.8 Å². The van der Waals surface area contributed by atoms with Gasteiger partial charge in [-0.05, 0) is 30.6 Å². The molecule has 1 aliphatic rings. The minimum absolute atomic E-state index is 0.893. The van der Waals surface area contributed by atoms with Crippen LogP contribution in [-0.4, -0.2) is 3.92 Å². The molecule has 0 spiro atoms. The van der Waals surface area contributed by atoms with Gasteiger partial charge in [0.25, 0.3) is 0 Å². The van der Waals surface area contributed by atoms with Crippen LogP contribution in [0.3, 0.4) is 0 Å². The lowest BCUT2D eigenvalue weighted by molar-refractivity contribution is 0.252. The number of hydrogen-bond donors (Lipinski definition) is 0. The van der Waals surface area contributed by atoms with Crippen LogP contribution in [0.15, 0.2) is 0 Å². The summed E-state index contributed by atoms with van der Waals surface area (Å²) in [5, 5.41) is 0. The summed E-state index contributed by atoms with van der Waals surface area (Å²) in [7, 11) is 0. The quantitative estimate of drug-likeness (QED) is 0.499. The molecule has 1 rings (SSSR count). The van der Waals surface area contributed by atoms with Gasteiger partial charge in [-0.3, -0.25) is 0 Å². The third kappa shape index (κ3) is 2.60. The predicted octanol–water partition coefficient (Wildman–Crippen LogP) is 3.88. The molecule has 0 amide bonds. The first-order valence-electron chi connectivity index (χ1n) is 4.75. The van der Waals surface area contributed by atoms with Crippen LogP contribution in [0.25, 0.3) is 0 Å². The lowest BCUT2D eigenvalue weighted by atomic mass is 9.78. The van der Waals surface area contributed by atoms with Gasteiger partial charge in [-0.25, -0.2) is 0 Å². The molecule has 0 aromatic rings. The highest BCUT2D eigenvalue weighted by atomic mass is 127. The van der Waals surface area contributed by atoms with Crippen LogP contribution in [0.2, 0.25) is 0 Å². The second-order valence-electron chi connectivity index (χ2n) is 4.34. The average molecular weight is 266 g/mol. The summed E-state index contributed by atoms with van der Waals surface area (Å²) in [5.41, 5.74) is 0. The van der Waals surface area contributed by atoms with E-state index in [1.165, 1.54) is 19.3 Å². The van der Waals surface area contributed by atoms with Crippen LogP contribution in [0.4, 0.5) is 0 Å². The number of alkyl halides is 1. The molecule has 1 aliphatic carbocycles. The topological polar surface area (TPSA) is 0 Å². The van der Waals surface area contributed by atoms with Gasteiger partial charge in [0, 0.05) is 3.92 Å². The highest BCUT2D eigenvalue weighted by molar-refractivity contribution is 14.1. The van der Waals surface area contributed by atoms with E-state index in [4.69, 9.17) is 0 Å². The van der Waals surface area contributed by atoms with Crippen LogP contribution in [0.5, 0.6) is 0 Å². The lowest BCUT2D eigenvalue weighted by Gasteiger charge is -2.33. The summed E-state index contributed by atoms with van der Waals surface area (Å²) in [4.78, 5) is 0. The Kier molecular flexibility index (Phi) is 3.66. The van der Waals surface area contributed by atoms with Gasteiger partial charge in [-0.2, -0.15) is 0 Å². The maximum Gasteiger partial charge on any atom is 0.0143 e. The van der Waals surface area contributed by atoms with E-state index in [9.17, 15) is 0 Å². The minimum Gasteiger partial charge on any atom is -0.0823 e. The molecule has 0 saturated heterocycles. The second-order valence-corrected chi connectivity index (χ2v) is 5.94. The first-order chi connectivity index (χ1) is 5.11. The Morgan fingerprint density at radius 3 is 2.36 bits per heavy atom. The summed E-state index contributed by atoms with van der Waals surface area (Å²) in [6.45, 7) is 7.13. The zero-order valence-electron chi connectivity index (χ0n) is 7.81. The van der Waals surface area contributed by atoms with Gasteiger partial charge in [0.1, 0.15) is 0 Å². The minimum atomic E-state index is 0.893. The first kappa shape index (κ1) is 9.82. The van der Waals surface area contributed by atoms with Crippen molar-refractivity contribution in [1.29, 1.82) is 0 Å². The van der Waals surface area contributed by atoms with Crippen molar-refractivity contribution in [2.24, 2.45) is 17.8 Å². The lowest BCUT2D eigenvalue weighted by Crippen LogP contribution is -2.27. The van der Waals surface area contributed by atoms with Gasteiger partial charge >= 0.3 is 0 Å². The van der Waals surface area contributed by atoms with E-state index in [1.807, 2.05) is 0 Å². The smallest absolute Gasteiger partial charge is 0.0143 e. The summed E-state index contributed by atoms with van der Waals surface area (Å²) in [6, 6.07) is 0. The summed E-state index contributed by atoms with van der Waals surface area (Å²) in [6.07, 6.45) is 4.37.